The van der Waals surface area contributed by atoms with Crippen molar-refractivity contribution in [3.63, 3.8) is 0 Å². The Kier molecular flexibility index (Phi) is 4.11. The first kappa shape index (κ1) is 14.6. The second-order valence-electron chi connectivity index (χ2n) is 3.84. The second kappa shape index (κ2) is 5.64. The van der Waals surface area contributed by atoms with Gasteiger partial charge in [0.1, 0.15) is 5.69 Å². The average Bonchev–Trinajstić information content (AvgIpc) is 2.36. The predicted octanol–water partition coefficient (Wildman–Crippen LogP) is 4.71. The van der Waals surface area contributed by atoms with Gasteiger partial charge in [0.2, 0.25) is 0 Å². The maximum absolute atomic E-state index is 13.8. The monoisotopic (exact) mass is 317 g/mol. The van der Waals surface area contributed by atoms with Gasteiger partial charge in [-0.15, -0.1) is 0 Å². The third-order valence-corrected chi connectivity index (χ3v) is 3.13. The van der Waals surface area contributed by atoms with E-state index in [1.165, 1.54) is 12.1 Å². The highest BCUT2D eigenvalue weighted by Crippen LogP contribution is 2.34. The van der Waals surface area contributed by atoms with E-state index in [9.17, 15) is 13.6 Å². The summed E-state index contributed by atoms with van der Waals surface area (Å²) >= 11 is 11.8. The van der Waals surface area contributed by atoms with Crippen LogP contribution in [0.25, 0.3) is 0 Å². The van der Waals surface area contributed by atoms with Crippen molar-refractivity contribution >= 4 is 40.5 Å². The van der Waals surface area contributed by atoms with E-state index < -0.39 is 28.9 Å². The lowest BCUT2D eigenvalue weighted by Gasteiger charge is -2.12. The quantitative estimate of drug-likeness (QED) is 0.861. The maximum Gasteiger partial charge on any atom is 0.335 e. The fraction of sp³-hybridized carbons (Fsp3) is 0. The molecular weight excluding hydrogens is 311 g/mol. The Morgan fingerprint density at radius 2 is 1.55 bits per heavy atom. The van der Waals surface area contributed by atoms with Crippen molar-refractivity contribution in [3.8, 4) is 0 Å². The second-order valence-corrected chi connectivity index (χ2v) is 4.66. The van der Waals surface area contributed by atoms with Crippen LogP contribution in [0.1, 0.15) is 10.4 Å². The van der Waals surface area contributed by atoms with E-state index >= 15 is 0 Å². The summed E-state index contributed by atoms with van der Waals surface area (Å²) in [6, 6.07) is 5.99. The molecule has 2 aromatic carbocycles. The standard InChI is InChI=1S/C13H7Cl2F2NO2/c14-7-2-1-3-8(15)11(7)18-12-9(16)4-6(13(19)20)5-10(12)17/h1-5,18H,(H,19,20). The molecule has 0 saturated carbocycles. The highest BCUT2D eigenvalue weighted by Gasteiger charge is 2.16. The predicted molar refractivity (Wildman–Crippen MR) is 73.1 cm³/mol. The Balaban J connectivity index is 2.47. The Labute approximate surface area is 122 Å². The third-order valence-electron chi connectivity index (χ3n) is 2.50. The van der Waals surface area contributed by atoms with Gasteiger partial charge < -0.3 is 10.4 Å². The molecule has 0 aliphatic heterocycles. The molecule has 0 spiro atoms. The number of hydrogen-bond acceptors (Lipinski definition) is 2. The van der Waals surface area contributed by atoms with Crippen LogP contribution in [0, 0.1) is 11.6 Å². The van der Waals surface area contributed by atoms with Crippen molar-refractivity contribution in [2.24, 2.45) is 0 Å². The zero-order chi connectivity index (χ0) is 14.9. The molecule has 2 aromatic rings. The van der Waals surface area contributed by atoms with E-state index in [0.717, 1.165) is 0 Å². The van der Waals surface area contributed by atoms with Gasteiger partial charge in [-0.25, -0.2) is 13.6 Å². The lowest BCUT2D eigenvalue weighted by atomic mass is 10.1. The van der Waals surface area contributed by atoms with Gasteiger partial charge in [-0.3, -0.25) is 0 Å². The minimum atomic E-state index is -1.43. The minimum absolute atomic E-state index is 0.136. The van der Waals surface area contributed by atoms with Crippen molar-refractivity contribution in [2.75, 3.05) is 5.32 Å². The number of carbonyl (C=O) groups is 1. The number of aromatic carboxylic acids is 1. The van der Waals surface area contributed by atoms with Crippen molar-refractivity contribution < 1.29 is 18.7 Å². The Hall–Kier alpha value is -1.85. The smallest absolute Gasteiger partial charge is 0.335 e. The van der Waals surface area contributed by atoms with E-state index in [1.807, 2.05) is 0 Å². The summed E-state index contributed by atoms with van der Waals surface area (Å²) < 4.78 is 27.5. The fourth-order valence-corrected chi connectivity index (χ4v) is 2.05. The molecule has 0 unspecified atom stereocenters. The van der Waals surface area contributed by atoms with Gasteiger partial charge in [0.05, 0.1) is 21.3 Å². The number of rotatable bonds is 3. The van der Waals surface area contributed by atoms with E-state index in [-0.39, 0.29) is 15.7 Å². The molecular formula is C13H7Cl2F2NO2. The number of nitrogens with one attached hydrogen (secondary N) is 1. The van der Waals surface area contributed by atoms with E-state index in [4.69, 9.17) is 28.3 Å². The highest BCUT2D eigenvalue weighted by molar-refractivity contribution is 6.39. The summed E-state index contributed by atoms with van der Waals surface area (Å²) in [5.74, 6) is -3.54. The molecule has 0 fully saturated rings. The number of para-hydroxylation sites is 1. The molecule has 2 rings (SSSR count). The number of halogens is 4. The fourth-order valence-electron chi connectivity index (χ4n) is 1.56. The highest BCUT2D eigenvalue weighted by atomic mass is 35.5. The maximum atomic E-state index is 13.8. The first-order valence-corrected chi connectivity index (χ1v) is 6.09. The topological polar surface area (TPSA) is 49.3 Å². The van der Waals surface area contributed by atoms with Gasteiger partial charge in [0.25, 0.3) is 0 Å². The number of anilines is 2. The van der Waals surface area contributed by atoms with E-state index in [1.54, 1.807) is 6.07 Å². The van der Waals surface area contributed by atoms with Crippen LogP contribution in [-0.4, -0.2) is 11.1 Å². The summed E-state index contributed by atoms with van der Waals surface area (Å²) in [7, 11) is 0. The number of benzene rings is 2. The normalized spacial score (nSPS) is 10.4. The molecule has 0 saturated heterocycles. The molecule has 3 nitrogen and oxygen atoms in total. The summed E-state index contributed by atoms with van der Waals surface area (Å²) in [5.41, 5.74) is -0.877. The van der Waals surface area contributed by atoms with Crippen LogP contribution in [-0.2, 0) is 0 Å². The van der Waals surface area contributed by atoms with Crippen LogP contribution >= 0.6 is 23.2 Å². The van der Waals surface area contributed by atoms with Crippen LogP contribution in [0.4, 0.5) is 20.2 Å². The van der Waals surface area contributed by atoms with Crippen molar-refractivity contribution in [1.29, 1.82) is 0 Å². The van der Waals surface area contributed by atoms with Crippen LogP contribution in [0.15, 0.2) is 30.3 Å². The Bertz CT molecular complexity index is 649. The molecule has 0 aromatic heterocycles. The van der Waals surface area contributed by atoms with Gasteiger partial charge in [-0.2, -0.15) is 0 Å². The number of carboxylic acids is 1. The van der Waals surface area contributed by atoms with E-state index in [2.05, 4.69) is 5.32 Å². The van der Waals surface area contributed by atoms with Gasteiger partial charge in [0, 0.05) is 0 Å². The molecule has 0 aliphatic rings. The Morgan fingerprint density at radius 1 is 1.05 bits per heavy atom. The number of hydrogen-bond donors (Lipinski definition) is 2. The lowest BCUT2D eigenvalue weighted by Crippen LogP contribution is -2.03. The summed E-state index contributed by atoms with van der Waals surface area (Å²) in [6.07, 6.45) is 0. The van der Waals surface area contributed by atoms with Gasteiger partial charge in [0.15, 0.2) is 11.6 Å². The van der Waals surface area contributed by atoms with Gasteiger partial charge >= 0.3 is 5.97 Å². The molecule has 20 heavy (non-hydrogen) atoms. The largest absolute Gasteiger partial charge is 0.478 e. The van der Waals surface area contributed by atoms with Gasteiger partial charge in [-0.1, -0.05) is 29.3 Å². The lowest BCUT2D eigenvalue weighted by molar-refractivity contribution is 0.0696. The first-order valence-electron chi connectivity index (χ1n) is 5.33. The molecule has 0 amide bonds. The molecule has 104 valence electrons. The molecule has 7 heteroatoms. The minimum Gasteiger partial charge on any atom is -0.478 e. The number of carboxylic acid groups (broad SMARTS) is 1. The summed E-state index contributed by atoms with van der Waals surface area (Å²) in [5, 5.41) is 11.5. The van der Waals surface area contributed by atoms with Crippen molar-refractivity contribution in [2.45, 2.75) is 0 Å². The molecule has 0 aliphatic carbocycles. The van der Waals surface area contributed by atoms with Crippen LogP contribution in [0.5, 0.6) is 0 Å². The molecule has 0 radical (unpaired) electrons. The van der Waals surface area contributed by atoms with Gasteiger partial charge in [-0.05, 0) is 24.3 Å². The zero-order valence-corrected chi connectivity index (χ0v) is 11.3. The molecule has 0 atom stereocenters. The van der Waals surface area contributed by atoms with Crippen LogP contribution in [0.2, 0.25) is 10.0 Å². The SMILES string of the molecule is O=C(O)c1cc(F)c(Nc2c(Cl)cccc2Cl)c(F)c1. The van der Waals surface area contributed by atoms with Crippen LogP contribution < -0.4 is 5.32 Å². The first-order chi connectivity index (χ1) is 9.40. The van der Waals surface area contributed by atoms with Crippen molar-refractivity contribution in [1.82, 2.24) is 0 Å². The summed E-state index contributed by atoms with van der Waals surface area (Å²) in [4.78, 5) is 10.7. The van der Waals surface area contributed by atoms with E-state index in [0.29, 0.717) is 12.1 Å². The van der Waals surface area contributed by atoms with Crippen molar-refractivity contribution in [3.05, 3.63) is 57.6 Å². The molecule has 0 bridgehead atoms. The third kappa shape index (κ3) is 2.84. The average molecular weight is 318 g/mol. The van der Waals surface area contributed by atoms with Crippen LogP contribution in [0.3, 0.4) is 0 Å². The zero-order valence-electron chi connectivity index (χ0n) is 9.75. The summed E-state index contributed by atoms with van der Waals surface area (Å²) in [6.45, 7) is 0. The molecule has 0 heterocycles. The molecule has 2 N–H and O–H groups in total. The Morgan fingerprint density at radius 3 is 2.00 bits per heavy atom.